The molecule has 0 amide bonds. The van der Waals surface area contributed by atoms with Crippen molar-refractivity contribution < 1.29 is 9.13 Å². The molecule has 2 aromatic carbocycles. The highest BCUT2D eigenvalue weighted by Gasteiger charge is 2.19. The van der Waals surface area contributed by atoms with Crippen LogP contribution in [0.1, 0.15) is 18.4 Å². The normalized spacial score (nSPS) is 16.3. The van der Waals surface area contributed by atoms with Gasteiger partial charge in [-0.3, -0.25) is 4.99 Å². The molecule has 0 aliphatic carbocycles. The Morgan fingerprint density at radius 1 is 1.11 bits per heavy atom. The number of ether oxygens (including phenoxy) is 1. The first kappa shape index (κ1) is 19.0. The number of nitrogens with two attached hydrogens (primary N) is 1. The van der Waals surface area contributed by atoms with E-state index in [-0.39, 0.29) is 11.7 Å². The van der Waals surface area contributed by atoms with E-state index in [4.69, 9.17) is 10.5 Å². The van der Waals surface area contributed by atoms with Crippen LogP contribution in [0, 0.1) is 5.82 Å². The Balaban J connectivity index is 1.55. The van der Waals surface area contributed by atoms with Gasteiger partial charge in [0.25, 0.3) is 0 Å². The topological polar surface area (TPSA) is 54.1 Å². The summed E-state index contributed by atoms with van der Waals surface area (Å²) in [7, 11) is 1.68. The summed E-state index contributed by atoms with van der Waals surface area (Å²) < 4.78 is 18.5. The third kappa shape index (κ3) is 4.70. The lowest BCUT2D eigenvalue weighted by Crippen LogP contribution is -2.51. The highest BCUT2D eigenvalue weighted by molar-refractivity contribution is 5.78. The van der Waals surface area contributed by atoms with Crippen molar-refractivity contribution in [2.75, 3.05) is 44.7 Å². The number of hydrogen-bond donors (Lipinski definition) is 1. The van der Waals surface area contributed by atoms with Gasteiger partial charge in [0, 0.05) is 44.3 Å². The van der Waals surface area contributed by atoms with E-state index in [2.05, 4.69) is 27.8 Å². The van der Waals surface area contributed by atoms with Crippen LogP contribution in [-0.4, -0.2) is 50.7 Å². The Hall–Kier alpha value is -2.76. The average molecular weight is 370 g/mol. The predicted molar refractivity (Wildman–Crippen MR) is 108 cm³/mol. The second-order valence-corrected chi connectivity index (χ2v) is 6.79. The summed E-state index contributed by atoms with van der Waals surface area (Å²) in [6.45, 7) is 6.02. The summed E-state index contributed by atoms with van der Waals surface area (Å²) >= 11 is 0. The molecule has 3 rings (SSSR count). The number of halogens is 1. The zero-order chi connectivity index (χ0) is 19.2. The van der Waals surface area contributed by atoms with Crippen molar-refractivity contribution in [2.24, 2.45) is 10.7 Å². The van der Waals surface area contributed by atoms with E-state index in [1.54, 1.807) is 7.11 Å². The minimum atomic E-state index is -0.210. The molecule has 2 N–H and O–H groups in total. The van der Waals surface area contributed by atoms with Gasteiger partial charge in [-0.1, -0.05) is 25.1 Å². The van der Waals surface area contributed by atoms with Crippen LogP contribution in [0.15, 0.2) is 53.5 Å². The maximum atomic E-state index is 13.1. The summed E-state index contributed by atoms with van der Waals surface area (Å²) in [4.78, 5) is 8.95. The van der Waals surface area contributed by atoms with Crippen molar-refractivity contribution in [3.8, 4) is 5.75 Å². The average Bonchev–Trinajstić information content (AvgIpc) is 2.72. The molecule has 1 atom stereocenters. The molecule has 5 nitrogen and oxygen atoms in total. The Morgan fingerprint density at radius 2 is 1.78 bits per heavy atom. The van der Waals surface area contributed by atoms with Gasteiger partial charge in [-0.25, -0.2) is 4.39 Å². The van der Waals surface area contributed by atoms with Gasteiger partial charge in [0.1, 0.15) is 11.6 Å². The largest absolute Gasteiger partial charge is 0.496 e. The summed E-state index contributed by atoms with van der Waals surface area (Å²) in [6.07, 6.45) is 0. The van der Waals surface area contributed by atoms with Crippen LogP contribution in [0.5, 0.6) is 5.75 Å². The van der Waals surface area contributed by atoms with Gasteiger partial charge in [-0.2, -0.15) is 0 Å². The molecule has 0 saturated carbocycles. The fourth-order valence-corrected chi connectivity index (χ4v) is 3.35. The highest BCUT2D eigenvalue weighted by Crippen LogP contribution is 2.26. The van der Waals surface area contributed by atoms with Gasteiger partial charge in [0.05, 0.1) is 7.11 Å². The Kier molecular flexibility index (Phi) is 6.16. The number of para-hydroxylation sites is 1. The van der Waals surface area contributed by atoms with E-state index in [1.807, 2.05) is 30.3 Å². The van der Waals surface area contributed by atoms with Crippen LogP contribution in [0.3, 0.4) is 0 Å². The minimum Gasteiger partial charge on any atom is -0.496 e. The van der Waals surface area contributed by atoms with Gasteiger partial charge >= 0.3 is 0 Å². The number of piperazine rings is 1. The van der Waals surface area contributed by atoms with Crippen molar-refractivity contribution in [3.05, 3.63) is 59.9 Å². The number of benzene rings is 2. The highest BCUT2D eigenvalue weighted by atomic mass is 19.1. The van der Waals surface area contributed by atoms with Crippen LogP contribution in [-0.2, 0) is 0 Å². The first-order valence-corrected chi connectivity index (χ1v) is 9.26. The van der Waals surface area contributed by atoms with Gasteiger partial charge in [-0.15, -0.1) is 0 Å². The first-order chi connectivity index (χ1) is 13.1. The lowest BCUT2D eigenvalue weighted by molar-refractivity contribution is 0.380. The molecule has 1 saturated heterocycles. The van der Waals surface area contributed by atoms with Crippen molar-refractivity contribution in [1.29, 1.82) is 0 Å². The second kappa shape index (κ2) is 8.75. The minimum absolute atomic E-state index is 0.210. The number of methoxy groups -OCH3 is 1. The number of aliphatic imine (C=N–C) groups is 1. The molecule has 0 radical (unpaired) electrons. The summed E-state index contributed by atoms with van der Waals surface area (Å²) in [5, 5.41) is 0. The zero-order valence-electron chi connectivity index (χ0n) is 15.9. The van der Waals surface area contributed by atoms with Crippen molar-refractivity contribution in [2.45, 2.75) is 12.8 Å². The molecule has 1 aliphatic heterocycles. The van der Waals surface area contributed by atoms with E-state index in [0.29, 0.717) is 12.5 Å². The van der Waals surface area contributed by atoms with E-state index < -0.39 is 0 Å². The number of rotatable bonds is 5. The van der Waals surface area contributed by atoms with Crippen LogP contribution in [0.4, 0.5) is 10.1 Å². The van der Waals surface area contributed by atoms with Crippen molar-refractivity contribution in [3.63, 3.8) is 0 Å². The van der Waals surface area contributed by atoms with Crippen LogP contribution < -0.4 is 15.4 Å². The summed E-state index contributed by atoms with van der Waals surface area (Å²) in [5.74, 6) is 1.47. The molecule has 0 bridgehead atoms. The molecule has 0 aromatic heterocycles. The van der Waals surface area contributed by atoms with Gasteiger partial charge in [0.15, 0.2) is 5.96 Å². The maximum absolute atomic E-state index is 13.1. The maximum Gasteiger partial charge on any atom is 0.191 e. The molecule has 27 heavy (non-hydrogen) atoms. The zero-order valence-corrected chi connectivity index (χ0v) is 15.9. The third-order valence-electron chi connectivity index (χ3n) is 4.99. The van der Waals surface area contributed by atoms with Gasteiger partial charge in [0.2, 0.25) is 0 Å². The van der Waals surface area contributed by atoms with Crippen LogP contribution in [0.2, 0.25) is 0 Å². The lowest BCUT2D eigenvalue weighted by atomic mass is 10.0. The summed E-state index contributed by atoms with van der Waals surface area (Å²) in [6, 6.07) is 14.6. The quantitative estimate of drug-likeness (QED) is 0.649. The van der Waals surface area contributed by atoms with E-state index in [1.165, 1.54) is 12.1 Å². The number of guanidine groups is 1. The Bertz CT molecular complexity index is 770. The van der Waals surface area contributed by atoms with Crippen LogP contribution >= 0.6 is 0 Å². The van der Waals surface area contributed by atoms with Crippen molar-refractivity contribution in [1.82, 2.24) is 4.90 Å². The molecular weight excluding hydrogens is 343 g/mol. The molecule has 144 valence electrons. The predicted octanol–water partition coefficient (Wildman–Crippen LogP) is 3.07. The SMILES string of the molecule is COc1ccccc1C(C)CN=C(N)N1CCN(c2ccc(F)cc2)CC1. The smallest absolute Gasteiger partial charge is 0.191 e. The Labute approximate surface area is 160 Å². The lowest BCUT2D eigenvalue weighted by Gasteiger charge is -2.36. The standard InChI is InChI=1S/C21H27FN4O/c1-16(19-5-3-4-6-20(19)27-2)15-24-21(23)26-13-11-25(12-14-26)18-9-7-17(22)8-10-18/h3-10,16H,11-15H2,1-2H3,(H2,23,24). The summed E-state index contributed by atoms with van der Waals surface area (Å²) in [5.41, 5.74) is 8.40. The third-order valence-corrected chi connectivity index (χ3v) is 4.99. The Morgan fingerprint density at radius 3 is 2.44 bits per heavy atom. The van der Waals surface area contributed by atoms with Gasteiger partial charge < -0.3 is 20.3 Å². The molecule has 2 aromatic rings. The second-order valence-electron chi connectivity index (χ2n) is 6.79. The van der Waals surface area contributed by atoms with Gasteiger partial charge in [-0.05, 0) is 35.9 Å². The number of nitrogens with zero attached hydrogens (tertiary/aromatic N) is 3. The number of hydrogen-bond acceptors (Lipinski definition) is 3. The van der Waals surface area contributed by atoms with E-state index in [9.17, 15) is 4.39 Å². The number of anilines is 1. The molecular formula is C21H27FN4O. The molecule has 1 unspecified atom stereocenters. The molecule has 0 spiro atoms. The monoisotopic (exact) mass is 370 g/mol. The van der Waals surface area contributed by atoms with Crippen LogP contribution in [0.25, 0.3) is 0 Å². The fraction of sp³-hybridized carbons (Fsp3) is 0.381. The van der Waals surface area contributed by atoms with Crippen molar-refractivity contribution >= 4 is 11.6 Å². The van der Waals surface area contributed by atoms with E-state index >= 15 is 0 Å². The molecule has 1 heterocycles. The fourth-order valence-electron chi connectivity index (χ4n) is 3.35. The molecule has 1 fully saturated rings. The molecule has 6 heteroatoms. The molecule has 1 aliphatic rings. The van der Waals surface area contributed by atoms with E-state index in [0.717, 1.165) is 43.2 Å². The first-order valence-electron chi connectivity index (χ1n) is 9.26.